The second-order valence-electron chi connectivity index (χ2n) is 5.94. The molecule has 2 unspecified atom stereocenters. The number of benzene rings is 1. The lowest BCUT2D eigenvalue weighted by Gasteiger charge is -2.26. The topological polar surface area (TPSA) is 43.1 Å². The molecular formula is C17H17NO2S. The van der Waals surface area contributed by atoms with Crippen LogP contribution in [0.25, 0.3) is 11.3 Å². The van der Waals surface area contributed by atoms with Gasteiger partial charge in [-0.25, -0.2) is 0 Å². The van der Waals surface area contributed by atoms with Gasteiger partial charge in [0.05, 0.1) is 6.20 Å². The van der Waals surface area contributed by atoms with Gasteiger partial charge in [-0.2, -0.15) is 11.8 Å². The van der Waals surface area contributed by atoms with Crippen LogP contribution in [0.3, 0.4) is 0 Å². The van der Waals surface area contributed by atoms with E-state index in [0.29, 0.717) is 16.3 Å². The molecule has 0 N–H and O–H groups in total. The normalized spacial score (nSPS) is 27.7. The highest BCUT2D eigenvalue weighted by Gasteiger charge is 2.37. The fourth-order valence-corrected chi connectivity index (χ4v) is 5.25. The first-order valence-corrected chi connectivity index (χ1v) is 8.44. The van der Waals surface area contributed by atoms with Crippen LogP contribution in [0.2, 0.25) is 0 Å². The average molecular weight is 299 g/mol. The Bertz CT molecular complexity index is 623. The Balaban J connectivity index is 1.52. The minimum Gasteiger partial charge on any atom is -0.356 e. The lowest BCUT2D eigenvalue weighted by molar-refractivity contribution is 0.0907. The lowest BCUT2D eigenvalue weighted by atomic mass is 9.90. The summed E-state index contributed by atoms with van der Waals surface area (Å²) in [6, 6.07) is 9.56. The Kier molecular flexibility index (Phi) is 3.34. The third-order valence-electron chi connectivity index (χ3n) is 4.55. The number of hydrogen-bond donors (Lipinski definition) is 0. The molecule has 3 heterocycles. The molecule has 1 aromatic heterocycles. The smallest absolute Gasteiger partial charge is 0.166 e. The SMILES string of the molecule is O=C(c1ccc(-c2ccno2)cc1)C1CC2CCC(C1)S2. The van der Waals surface area contributed by atoms with Crippen LogP contribution in [-0.2, 0) is 0 Å². The highest BCUT2D eigenvalue weighted by molar-refractivity contribution is 8.00. The Hall–Kier alpha value is -1.55. The third kappa shape index (κ3) is 2.53. The highest BCUT2D eigenvalue weighted by Crippen LogP contribution is 2.46. The molecule has 0 radical (unpaired) electrons. The molecule has 2 aliphatic rings. The number of Topliss-reactive ketones (excluding diaryl/α,β-unsaturated/α-hetero) is 1. The van der Waals surface area contributed by atoms with E-state index in [1.54, 1.807) is 6.20 Å². The minimum absolute atomic E-state index is 0.222. The third-order valence-corrected chi connectivity index (χ3v) is 6.18. The van der Waals surface area contributed by atoms with E-state index in [0.717, 1.165) is 29.7 Å². The number of carbonyl (C=O) groups excluding carboxylic acids is 1. The number of hydrogen-bond acceptors (Lipinski definition) is 4. The predicted octanol–water partition coefficient (Wildman–Crippen LogP) is 4.20. The standard InChI is InChI=1S/C17H17NO2S/c19-17(13-9-14-5-6-15(10-13)21-14)12-3-1-11(2-4-12)16-7-8-18-20-16/h1-4,7-8,13-15H,5-6,9-10H2. The van der Waals surface area contributed by atoms with Crippen LogP contribution in [0, 0.1) is 5.92 Å². The molecule has 2 saturated heterocycles. The number of rotatable bonds is 3. The summed E-state index contributed by atoms with van der Waals surface area (Å²) in [7, 11) is 0. The zero-order valence-electron chi connectivity index (χ0n) is 11.7. The molecule has 0 saturated carbocycles. The van der Waals surface area contributed by atoms with Crippen LogP contribution in [0.5, 0.6) is 0 Å². The molecule has 4 heteroatoms. The van der Waals surface area contributed by atoms with Gasteiger partial charge in [-0.3, -0.25) is 4.79 Å². The predicted molar refractivity (Wildman–Crippen MR) is 83.4 cm³/mol. The van der Waals surface area contributed by atoms with E-state index >= 15 is 0 Å². The number of ketones is 1. The van der Waals surface area contributed by atoms with Crippen LogP contribution in [0.1, 0.15) is 36.0 Å². The van der Waals surface area contributed by atoms with Crippen molar-refractivity contribution < 1.29 is 9.32 Å². The molecule has 2 atom stereocenters. The summed E-state index contributed by atoms with van der Waals surface area (Å²) in [6.07, 6.45) is 6.34. The van der Waals surface area contributed by atoms with E-state index in [9.17, 15) is 4.79 Å². The first-order chi connectivity index (χ1) is 10.3. The van der Waals surface area contributed by atoms with Gasteiger partial charge >= 0.3 is 0 Å². The number of nitrogens with zero attached hydrogens (tertiary/aromatic N) is 1. The monoisotopic (exact) mass is 299 g/mol. The number of fused-ring (bicyclic) bond motifs is 2. The number of aromatic nitrogens is 1. The van der Waals surface area contributed by atoms with Crippen molar-refractivity contribution in [1.82, 2.24) is 5.16 Å². The number of thioether (sulfide) groups is 1. The molecule has 2 bridgehead atoms. The maximum absolute atomic E-state index is 12.7. The summed E-state index contributed by atoms with van der Waals surface area (Å²) in [5, 5.41) is 5.14. The largest absolute Gasteiger partial charge is 0.356 e. The highest BCUT2D eigenvalue weighted by atomic mass is 32.2. The molecule has 2 aliphatic heterocycles. The average Bonchev–Trinajstić information content (AvgIpc) is 3.17. The van der Waals surface area contributed by atoms with Crippen molar-refractivity contribution in [2.45, 2.75) is 36.2 Å². The molecule has 4 rings (SSSR count). The van der Waals surface area contributed by atoms with Gasteiger partial charge in [-0.1, -0.05) is 29.4 Å². The molecule has 0 aliphatic carbocycles. The van der Waals surface area contributed by atoms with Gasteiger partial charge in [0.1, 0.15) is 0 Å². The second kappa shape index (κ2) is 5.34. The minimum atomic E-state index is 0.222. The molecule has 1 aromatic carbocycles. The Morgan fingerprint density at radius 1 is 1.10 bits per heavy atom. The molecule has 2 fully saturated rings. The van der Waals surface area contributed by atoms with Gasteiger partial charge in [0.2, 0.25) is 0 Å². The van der Waals surface area contributed by atoms with Gasteiger partial charge in [-0.05, 0) is 25.7 Å². The van der Waals surface area contributed by atoms with Gasteiger partial charge in [-0.15, -0.1) is 0 Å². The van der Waals surface area contributed by atoms with E-state index in [2.05, 4.69) is 16.9 Å². The van der Waals surface area contributed by atoms with Crippen molar-refractivity contribution in [3.8, 4) is 11.3 Å². The molecule has 21 heavy (non-hydrogen) atoms. The molecule has 3 nitrogen and oxygen atoms in total. The zero-order valence-corrected chi connectivity index (χ0v) is 12.5. The van der Waals surface area contributed by atoms with E-state index < -0.39 is 0 Å². The molecule has 2 aromatic rings. The van der Waals surface area contributed by atoms with Gasteiger partial charge in [0, 0.05) is 33.6 Å². The lowest BCUT2D eigenvalue weighted by Crippen LogP contribution is -2.24. The second-order valence-corrected chi connectivity index (χ2v) is 7.55. The molecular weight excluding hydrogens is 282 g/mol. The summed E-state index contributed by atoms with van der Waals surface area (Å²) >= 11 is 2.10. The van der Waals surface area contributed by atoms with Crippen molar-refractivity contribution in [1.29, 1.82) is 0 Å². The fraction of sp³-hybridized carbons (Fsp3) is 0.412. The van der Waals surface area contributed by atoms with Crippen molar-refractivity contribution in [2.24, 2.45) is 5.92 Å². The van der Waals surface area contributed by atoms with E-state index in [1.165, 1.54) is 12.8 Å². The van der Waals surface area contributed by atoms with E-state index in [-0.39, 0.29) is 5.92 Å². The summed E-state index contributed by atoms with van der Waals surface area (Å²) in [5.41, 5.74) is 1.79. The maximum Gasteiger partial charge on any atom is 0.166 e. The van der Waals surface area contributed by atoms with Crippen LogP contribution in [0.4, 0.5) is 0 Å². The van der Waals surface area contributed by atoms with Crippen molar-refractivity contribution >= 4 is 17.5 Å². The summed E-state index contributed by atoms with van der Waals surface area (Å²) < 4.78 is 5.13. The van der Waals surface area contributed by atoms with Crippen molar-refractivity contribution in [2.75, 3.05) is 0 Å². The van der Waals surface area contributed by atoms with Gasteiger partial charge in [0.25, 0.3) is 0 Å². The zero-order chi connectivity index (χ0) is 14.2. The van der Waals surface area contributed by atoms with Crippen LogP contribution in [-0.4, -0.2) is 21.4 Å². The summed E-state index contributed by atoms with van der Waals surface area (Å²) in [6.45, 7) is 0. The summed E-state index contributed by atoms with van der Waals surface area (Å²) in [4.78, 5) is 12.7. The van der Waals surface area contributed by atoms with Crippen LogP contribution >= 0.6 is 11.8 Å². The fourth-order valence-electron chi connectivity index (χ4n) is 3.47. The first kappa shape index (κ1) is 13.1. The Morgan fingerprint density at radius 3 is 2.43 bits per heavy atom. The van der Waals surface area contributed by atoms with Crippen LogP contribution in [0.15, 0.2) is 41.1 Å². The van der Waals surface area contributed by atoms with Gasteiger partial charge < -0.3 is 4.52 Å². The van der Waals surface area contributed by atoms with Crippen molar-refractivity contribution in [3.63, 3.8) is 0 Å². The van der Waals surface area contributed by atoms with Gasteiger partial charge in [0.15, 0.2) is 11.5 Å². The van der Waals surface area contributed by atoms with E-state index in [4.69, 9.17) is 4.52 Å². The Morgan fingerprint density at radius 2 is 1.81 bits per heavy atom. The maximum atomic E-state index is 12.7. The van der Waals surface area contributed by atoms with Crippen LogP contribution < -0.4 is 0 Å². The quantitative estimate of drug-likeness (QED) is 0.797. The first-order valence-electron chi connectivity index (χ1n) is 7.50. The molecule has 0 spiro atoms. The molecule has 0 amide bonds. The Labute approximate surface area is 128 Å². The van der Waals surface area contributed by atoms with Crippen molar-refractivity contribution in [3.05, 3.63) is 42.1 Å². The van der Waals surface area contributed by atoms with E-state index in [1.807, 2.05) is 30.3 Å². The number of carbonyl (C=O) groups is 1. The summed E-state index contributed by atoms with van der Waals surface area (Å²) in [5.74, 6) is 1.28. The molecule has 108 valence electrons.